The molecule has 0 unspecified atom stereocenters. The average Bonchev–Trinajstić information content (AvgIpc) is 3.16. The van der Waals surface area contributed by atoms with Gasteiger partial charge in [-0.2, -0.15) is 0 Å². The van der Waals surface area contributed by atoms with Crippen LogP contribution in [0.1, 0.15) is 37.7 Å². The largest absolute Gasteiger partial charge is 0.482 e. The van der Waals surface area contributed by atoms with Gasteiger partial charge in [0.15, 0.2) is 16.4 Å². The predicted octanol–water partition coefficient (Wildman–Crippen LogP) is 3.75. The fourth-order valence-corrected chi connectivity index (χ4v) is 6.70. The summed E-state index contributed by atoms with van der Waals surface area (Å²) in [5, 5.41) is 0.445. The number of rotatable bonds is 5. The number of halogens is 2. The minimum atomic E-state index is -3.05. The molecule has 0 bridgehead atoms. The van der Waals surface area contributed by atoms with E-state index in [2.05, 4.69) is 15.9 Å². The van der Waals surface area contributed by atoms with Crippen LogP contribution in [0.15, 0.2) is 16.6 Å². The van der Waals surface area contributed by atoms with E-state index in [-0.39, 0.29) is 36.1 Å². The van der Waals surface area contributed by atoms with E-state index in [1.807, 2.05) is 13.0 Å². The summed E-state index contributed by atoms with van der Waals surface area (Å²) in [4.78, 5) is 14.7. The van der Waals surface area contributed by atoms with E-state index in [0.29, 0.717) is 17.2 Å². The Morgan fingerprint density at radius 3 is 2.54 bits per heavy atom. The molecule has 1 saturated carbocycles. The number of nitrogens with zero attached hydrogens (tertiary/aromatic N) is 1. The van der Waals surface area contributed by atoms with Gasteiger partial charge in [-0.3, -0.25) is 4.79 Å². The van der Waals surface area contributed by atoms with E-state index in [1.165, 1.54) is 0 Å². The van der Waals surface area contributed by atoms with E-state index < -0.39 is 9.84 Å². The molecule has 26 heavy (non-hydrogen) atoms. The van der Waals surface area contributed by atoms with Gasteiger partial charge in [0.1, 0.15) is 5.75 Å². The molecular formula is C18H23BrClNO4S. The van der Waals surface area contributed by atoms with Gasteiger partial charge < -0.3 is 9.64 Å². The summed E-state index contributed by atoms with van der Waals surface area (Å²) in [5.41, 5.74) is 0.841. The average molecular weight is 465 g/mol. The molecule has 1 aromatic carbocycles. The predicted molar refractivity (Wildman–Crippen MR) is 106 cm³/mol. The highest BCUT2D eigenvalue weighted by atomic mass is 79.9. The van der Waals surface area contributed by atoms with Crippen molar-refractivity contribution in [3.63, 3.8) is 0 Å². The first-order valence-electron chi connectivity index (χ1n) is 8.87. The van der Waals surface area contributed by atoms with Gasteiger partial charge in [-0.15, -0.1) is 0 Å². The van der Waals surface area contributed by atoms with Crippen molar-refractivity contribution < 1.29 is 17.9 Å². The van der Waals surface area contributed by atoms with Gasteiger partial charge in [0, 0.05) is 16.6 Å². The lowest BCUT2D eigenvalue weighted by Crippen LogP contribution is -2.48. The zero-order valence-electron chi connectivity index (χ0n) is 14.7. The lowest BCUT2D eigenvalue weighted by molar-refractivity contribution is -0.137. The zero-order valence-corrected chi connectivity index (χ0v) is 17.9. The van der Waals surface area contributed by atoms with Crippen LogP contribution in [0, 0.1) is 6.92 Å². The van der Waals surface area contributed by atoms with Crippen molar-refractivity contribution in [2.45, 2.75) is 51.1 Å². The molecule has 8 heteroatoms. The molecule has 1 heterocycles. The molecule has 0 radical (unpaired) electrons. The number of amides is 1. The number of hydrogen-bond acceptors (Lipinski definition) is 4. The molecule has 3 rings (SSSR count). The monoisotopic (exact) mass is 463 g/mol. The number of carbonyl (C=O) groups excluding carboxylic acids is 1. The second-order valence-electron chi connectivity index (χ2n) is 7.12. The van der Waals surface area contributed by atoms with Gasteiger partial charge in [-0.25, -0.2) is 8.42 Å². The molecule has 1 aromatic rings. The normalized spacial score (nSPS) is 22.5. The van der Waals surface area contributed by atoms with Crippen LogP contribution in [-0.2, 0) is 14.6 Å². The van der Waals surface area contributed by atoms with E-state index in [0.717, 1.165) is 35.7 Å². The first-order valence-corrected chi connectivity index (χ1v) is 11.9. The Hall–Kier alpha value is -0.790. The standard InChI is InChI=1S/C18H23BrClNO4S/c1-12-8-13(19)9-16(20)18(12)25-10-17(22)21(14-4-2-3-5-14)15-6-7-26(23,24)11-15/h8-9,14-15H,2-7,10-11H2,1H3/t15-/m1/s1. The third-order valence-electron chi connectivity index (χ3n) is 5.14. The molecule has 1 aliphatic heterocycles. The van der Waals surface area contributed by atoms with Crippen molar-refractivity contribution in [1.82, 2.24) is 4.90 Å². The Morgan fingerprint density at radius 1 is 1.27 bits per heavy atom. The number of hydrogen-bond donors (Lipinski definition) is 0. The highest BCUT2D eigenvalue weighted by molar-refractivity contribution is 9.10. The third-order valence-corrected chi connectivity index (χ3v) is 7.63. The molecule has 0 spiro atoms. The van der Waals surface area contributed by atoms with E-state index in [1.54, 1.807) is 11.0 Å². The number of aryl methyl sites for hydroxylation is 1. The van der Waals surface area contributed by atoms with Gasteiger partial charge in [0.25, 0.3) is 5.91 Å². The topological polar surface area (TPSA) is 63.7 Å². The minimum absolute atomic E-state index is 0.0628. The maximum absolute atomic E-state index is 12.9. The van der Waals surface area contributed by atoms with Crippen LogP contribution >= 0.6 is 27.5 Å². The molecule has 2 aliphatic rings. The lowest BCUT2D eigenvalue weighted by Gasteiger charge is -2.34. The molecule has 0 aromatic heterocycles. The van der Waals surface area contributed by atoms with Crippen LogP contribution in [0.5, 0.6) is 5.75 Å². The third kappa shape index (κ3) is 4.54. The number of carbonyl (C=O) groups is 1. The highest BCUT2D eigenvalue weighted by Gasteiger charge is 2.39. The van der Waals surface area contributed by atoms with Crippen molar-refractivity contribution in [3.8, 4) is 5.75 Å². The smallest absolute Gasteiger partial charge is 0.261 e. The molecule has 0 N–H and O–H groups in total. The van der Waals surface area contributed by atoms with Crippen LogP contribution in [0.25, 0.3) is 0 Å². The summed E-state index contributed by atoms with van der Waals surface area (Å²) >= 11 is 9.61. The van der Waals surface area contributed by atoms with Crippen molar-refractivity contribution in [2.75, 3.05) is 18.1 Å². The summed E-state index contributed by atoms with van der Waals surface area (Å²) in [6.45, 7) is 1.74. The van der Waals surface area contributed by atoms with E-state index >= 15 is 0 Å². The highest BCUT2D eigenvalue weighted by Crippen LogP contribution is 2.33. The SMILES string of the molecule is Cc1cc(Br)cc(Cl)c1OCC(=O)N(C1CCCC1)[C@@H]1CCS(=O)(=O)C1. The van der Waals surface area contributed by atoms with Crippen LogP contribution in [0.2, 0.25) is 5.02 Å². The Labute approximate surface area is 168 Å². The molecule has 1 aliphatic carbocycles. The van der Waals surface area contributed by atoms with Crippen molar-refractivity contribution in [2.24, 2.45) is 0 Å². The van der Waals surface area contributed by atoms with Crippen molar-refractivity contribution >= 4 is 43.3 Å². The summed E-state index contributed by atoms with van der Waals surface area (Å²) in [6, 6.07) is 3.49. The molecule has 5 nitrogen and oxygen atoms in total. The summed E-state index contributed by atoms with van der Waals surface area (Å²) in [6.07, 6.45) is 4.53. The quantitative estimate of drug-likeness (QED) is 0.666. The fraction of sp³-hybridized carbons (Fsp3) is 0.611. The number of ether oxygens (including phenoxy) is 1. The van der Waals surface area contributed by atoms with Crippen LogP contribution in [0.4, 0.5) is 0 Å². The Kier molecular flexibility index (Phi) is 6.19. The molecular weight excluding hydrogens is 442 g/mol. The molecule has 1 atom stereocenters. The van der Waals surface area contributed by atoms with Gasteiger partial charge in [0.05, 0.1) is 16.5 Å². The first-order chi connectivity index (χ1) is 12.3. The van der Waals surface area contributed by atoms with Crippen LogP contribution in [-0.4, -0.2) is 49.4 Å². The number of benzene rings is 1. The van der Waals surface area contributed by atoms with Gasteiger partial charge >= 0.3 is 0 Å². The Morgan fingerprint density at radius 2 is 1.96 bits per heavy atom. The summed E-state index contributed by atoms with van der Waals surface area (Å²) < 4.78 is 30.4. The van der Waals surface area contributed by atoms with Crippen molar-refractivity contribution in [3.05, 3.63) is 27.2 Å². The first kappa shape index (κ1) is 20.0. The minimum Gasteiger partial charge on any atom is -0.482 e. The van der Waals surface area contributed by atoms with E-state index in [9.17, 15) is 13.2 Å². The van der Waals surface area contributed by atoms with Gasteiger partial charge in [-0.1, -0.05) is 40.4 Å². The van der Waals surface area contributed by atoms with Gasteiger partial charge in [-0.05, 0) is 43.9 Å². The van der Waals surface area contributed by atoms with Crippen LogP contribution < -0.4 is 4.74 Å². The second-order valence-corrected chi connectivity index (χ2v) is 10.7. The molecule has 2 fully saturated rings. The molecule has 1 saturated heterocycles. The van der Waals surface area contributed by atoms with Crippen LogP contribution in [0.3, 0.4) is 0 Å². The number of sulfone groups is 1. The summed E-state index contributed by atoms with van der Waals surface area (Å²) in [7, 11) is -3.05. The van der Waals surface area contributed by atoms with E-state index in [4.69, 9.17) is 16.3 Å². The fourth-order valence-electron chi connectivity index (χ4n) is 3.96. The Balaban J connectivity index is 1.74. The molecule has 144 valence electrons. The molecule has 1 amide bonds. The van der Waals surface area contributed by atoms with Gasteiger partial charge in [0.2, 0.25) is 0 Å². The zero-order chi connectivity index (χ0) is 18.9. The summed E-state index contributed by atoms with van der Waals surface area (Å²) in [5.74, 6) is 0.561. The lowest BCUT2D eigenvalue weighted by atomic mass is 10.1. The second kappa shape index (κ2) is 8.07. The maximum atomic E-state index is 12.9. The van der Waals surface area contributed by atoms with Crippen molar-refractivity contribution in [1.29, 1.82) is 0 Å². The maximum Gasteiger partial charge on any atom is 0.261 e. The Bertz CT molecular complexity index is 769.